The normalized spacial score (nSPS) is 10.2. The van der Waals surface area contributed by atoms with Crippen molar-refractivity contribution in [1.82, 2.24) is 10.6 Å². The molecule has 0 heterocycles. The Labute approximate surface area is 164 Å². The lowest BCUT2D eigenvalue weighted by atomic mass is 10.1. The molecular weight excluding hydrogens is 361 g/mol. The van der Waals surface area contributed by atoms with Crippen molar-refractivity contribution in [3.63, 3.8) is 0 Å². The van der Waals surface area contributed by atoms with Gasteiger partial charge in [-0.05, 0) is 37.1 Å². The molecule has 7 heteroatoms. The molecule has 2 aromatic rings. The highest BCUT2D eigenvalue weighted by Gasteiger charge is 2.10. The van der Waals surface area contributed by atoms with Gasteiger partial charge in [0.2, 0.25) is 5.91 Å². The van der Waals surface area contributed by atoms with Crippen LogP contribution in [-0.4, -0.2) is 31.6 Å². The molecule has 0 saturated heterocycles. The monoisotopic (exact) mass is 387 g/mol. The first kappa shape index (κ1) is 21.2. The van der Waals surface area contributed by atoms with Gasteiger partial charge >= 0.3 is 6.09 Å². The number of nitrogens with zero attached hydrogens (tertiary/aromatic N) is 1. The number of carbonyl (C=O) groups excluding carboxylic acids is 2. The van der Waals surface area contributed by atoms with Crippen LogP contribution in [0.15, 0.2) is 48.5 Å². The van der Waals surface area contributed by atoms with E-state index in [2.05, 4.69) is 10.6 Å². The SMILES string of the molecule is CCN(CC)c1ccc(CNC(=O)CNC(=O)OCc2ccccc2)cc1F. The van der Waals surface area contributed by atoms with Gasteiger partial charge in [0.1, 0.15) is 19.0 Å². The maximum absolute atomic E-state index is 14.2. The Kier molecular flexibility index (Phi) is 8.27. The lowest BCUT2D eigenvalue weighted by Gasteiger charge is -2.22. The molecule has 0 fully saturated rings. The second kappa shape index (κ2) is 10.9. The Balaban J connectivity index is 1.73. The molecule has 28 heavy (non-hydrogen) atoms. The first-order valence-corrected chi connectivity index (χ1v) is 9.28. The standard InChI is InChI=1S/C21H26FN3O3/c1-3-25(4-2)19-11-10-17(12-18(19)22)13-23-20(26)14-24-21(27)28-15-16-8-6-5-7-9-16/h5-12H,3-4,13-15H2,1-2H3,(H,23,26)(H,24,27). The van der Waals surface area contributed by atoms with Crippen molar-refractivity contribution in [3.05, 3.63) is 65.5 Å². The van der Waals surface area contributed by atoms with Crippen LogP contribution in [0.1, 0.15) is 25.0 Å². The first-order chi connectivity index (χ1) is 13.5. The number of amides is 2. The number of ether oxygens (including phenoxy) is 1. The molecule has 2 rings (SSSR count). The Morgan fingerprint density at radius 3 is 2.36 bits per heavy atom. The summed E-state index contributed by atoms with van der Waals surface area (Å²) in [7, 11) is 0. The van der Waals surface area contributed by atoms with Gasteiger partial charge in [0.15, 0.2) is 0 Å². The Hall–Kier alpha value is -3.09. The van der Waals surface area contributed by atoms with Gasteiger partial charge in [-0.1, -0.05) is 36.4 Å². The van der Waals surface area contributed by atoms with Gasteiger partial charge in [-0.25, -0.2) is 9.18 Å². The summed E-state index contributed by atoms with van der Waals surface area (Å²) < 4.78 is 19.3. The molecule has 0 aliphatic rings. The van der Waals surface area contributed by atoms with Crippen molar-refractivity contribution < 1.29 is 18.7 Å². The van der Waals surface area contributed by atoms with Crippen LogP contribution in [0, 0.1) is 5.82 Å². The van der Waals surface area contributed by atoms with Crippen LogP contribution in [0.4, 0.5) is 14.9 Å². The van der Waals surface area contributed by atoms with Crippen LogP contribution >= 0.6 is 0 Å². The summed E-state index contributed by atoms with van der Waals surface area (Å²) in [5.41, 5.74) is 2.05. The molecule has 0 bridgehead atoms. The van der Waals surface area contributed by atoms with Crippen LogP contribution < -0.4 is 15.5 Å². The van der Waals surface area contributed by atoms with Crippen LogP contribution in [0.3, 0.4) is 0 Å². The largest absolute Gasteiger partial charge is 0.445 e. The fraction of sp³-hybridized carbons (Fsp3) is 0.333. The van der Waals surface area contributed by atoms with Gasteiger partial charge in [0, 0.05) is 19.6 Å². The molecule has 0 saturated carbocycles. The van der Waals surface area contributed by atoms with E-state index in [-0.39, 0.29) is 31.4 Å². The molecule has 150 valence electrons. The number of halogens is 1. The summed E-state index contributed by atoms with van der Waals surface area (Å²) in [4.78, 5) is 25.4. The zero-order chi connectivity index (χ0) is 20.4. The van der Waals surface area contributed by atoms with E-state index in [1.54, 1.807) is 12.1 Å². The lowest BCUT2D eigenvalue weighted by Crippen LogP contribution is -2.36. The molecule has 0 aliphatic heterocycles. The molecule has 0 atom stereocenters. The van der Waals surface area contributed by atoms with E-state index in [9.17, 15) is 14.0 Å². The molecule has 6 nitrogen and oxygen atoms in total. The minimum atomic E-state index is -0.673. The molecule has 0 aromatic heterocycles. The second-order valence-electron chi connectivity index (χ2n) is 6.15. The van der Waals surface area contributed by atoms with E-state index < -0.39 is 6.09 Å². The van der Waals surface area contributed by atoms with E-state index in [1.807, 2.05) is 49.1 Å². The lowest BCUT2D eigenvalue weighted by molar-refractivity contribution is -0.120. The molecule has 2 N–H and O–H groups in total. The third kappa shape index (κ3) is 6.57. The van der Waals surface area contributed by atoms with Crippen molar-refractivity contribution >= 4 is 17.7 Å². The van der Waals surface area contributed by atoms with Gasteiger partial charge < -0.3 is 20.3 Å². The fourth-order valence-electron chi connectivity index (χ4n) is 2.67. The summed E-state index contributed by atoms with van der Waals surface area (Å²) in [6.07, 6.45) is -0.673. The summed E-state index contributed by atoms with van der Waals surface area (Å²) in [6, 6.07) is 14.1. The van der Waals surface area contributed by atoms with Gasteiger partial charge in [-0.15, -0.1) is 0 Å². The average Bonchev–Trinajstić information content (AvgIpc) is 2.72. The van der Waals surface area contributed by atoms with Crippen LogP contribution in [-0.2, 0) is 22.7 Å². The Morgan fingerprint density at radius 2 is 1.71 bits per heavy atom. The van der Waals surface area contributed by atoms with Gasteiger partial charge in [-0.2, -0.15) is 0 Å². The fourth-order valence-corrected chi connectivity index (χ4v) is 2.67. The smallest absolute Gasteiger partial charge is 0.407 e. The maximum Gasteiger partial charge on any atom is 0.407 e. The first-order valence-electron chi connectivity index (χ1n) is 9.28. The van der Waals surface area contributed by atoms with Crippen molar-refractivity contribution in [2.75, 3.05) is 24.5 Å². The van der Waals surface area contributed by atoms with Crippen molar-refractivity contribution in [2.24, 2.45) is 0 Å². The zero-order valence-corrected chi connectivity index (χ0v) is 16.2. The van der Waals surface area contributed by atoms with Crippen molar-refractivity contribution in [1.29, 1.82) is 0 Å². The predicted octanol–water partition coefficient (Wildman–Crippen LogP) is 3.21. The Morgan fingerprint density at radius 1 is 1.00 bits per heavy atom. The number of anilines is 1. The van der Waals surface area contributed by atoms with Crippen molar-refractivity contribution in [2.45, 2.75) is 27.0 Å². The summed E-state index contributed by atoms with van der Waals surface area (Å²) in [5.74, 6) is -0.706. The Bertz CT molecular complexity index is 780. The molecule has 2 aromatic carbocycles. The number of rotatable bonds is 9. The predicted molar refractivity (Wildman–Crippen MR) is 106 cm³/mol. The second-order valence-corrected chi connectivity index (χ2v) is 6.15. The third-order valence-corrected chi connectivity index (χ3v) is 4.21. The van der Waals surface area contributed by atoms with Gasteiger partial charge in [0.25, 0.3) is 0 Å². The highest BCUT2D eigenvalue weighted by molar-refractivity contribution is 5.82. The highest BCUT2D eigenvalue weighted by Crippen LogP contribution is 2.20. The summed E-state index contributed by atoms with van der Waals surface area (Å²) >= 11 is 0. The van der Waals surface area contributed by atoms with E-state index >= 15 is 0 Å². The minimum Gasteiger partial charge on any atom is -0.445 e. The van der Waals surface area contributed by atoms with Crippen molar-refractivity contribution in [3.8, 4) is 0 Å². The van der Waals surface area contributed by atoms with Crippen LogP contribution in [0.2, 0.25) is 0 Å². The summed E-state index contributed by atoms with van der Waals surface area (Å²) in [6.45, 7) is 5.46. The maximum atomic E-state index is 14.2. The van der Waals surface area contributed by atoms with Gasteiger partial charge in [0.05, 0.1) is 5.69 Å². The number of alkyl carbamates (subject to hydrolysis) is 1. The zero-order valence-electron chi connectivity index (χ0n) is 16.2. The molecular formula is C21H26FN3O3. The molecule has 2 amide bonds. The molecule has 0 unspecified atom stereocenters. The van der Waals surface area contributed by atoms with E-state index in [0.29, 0.717) is 11.3 Å². The number of benzene rings is 2. The summed E-state index contributed by atoms with van der Waals surface area (Å²) in [5, 5.41) is 5.03. The third-order valence-electron chi connectivity index (χ3n) is 4.21. The van der Waals surface area contributed by atoms with Gasteiger partial charge in [-0.3, -0.25) is 4.79 Å². The number of hydrogen-bond acceptors (Lipinski definition) is 4. The number of carbonyl (C=O) groups is 2. The topological polar surface area (TPSA) is 70.7 Å². The van der Waals surface area contributed by atoms with Crippen LogP contribution in [0.5, 0.6) is 0 Å². The highest BCUT2D eigenvalue weighted by atomic mass is 19.1. The average molecular weight is 387 g/mol. The van der Waals surface area contributed by atoms with Crippen LogP contribution in [0.25, 0.3) is 0 Å². The van der Waals surface area contributed by atoms with E-state index in [4.69, 9.17) is 4.74 Å². The quantitative estimate of drug-likeness (QED) is 0.693. The molecule has 0 spiro atoms. The minimum absolute atomic E-state index is 0.131. The number of nitrogens with one attached hydrogen (secondary N) is 2. The molecule has 0 aliphatic carbocycles. The molecule has 0 radical (unpaired) electrons. The van der Waals surface area contributed by atoms with E-state index in [0.717, 1.165) is 18.7 Å². The van der Waals surface area contributed by atoms with E-state index in [1.165, 1.54) is 6.07 Å². The number of hydrogen-bond donors (Lipinski definition) is 2.